The lowest BCUT2D eigenvalue weighted by atomic mass is 9.95. The van der Waals surface area contributed by atoms with E-state index in [2.05, 4.69) is 10.4 Å². The third-order valence-corrected chi connectivity index (χ3v) is 5.87. The monoisotopic (exact) mass is 447 g/mol. The Morgan fingerprint density at radius 1 is 1.06 bits per heavy atom. The minimum absolute atomic E-state index is 0.0610. The van der Waals surface area contributed by atoms with E-state index in [-0.39, 0.29) is 24.2 Å². The van der Waals surface area contributed by atoms with Crippen LogP contribution >= 0.6 is 0 Å². The first-order chi connectivity index (χ1) is 16.1. The van der Waals surface area contributed by atoms with Crippen molar-refractivity contribution in [2.75, 3.05) is 13.7 Å². The molecule has 172 valence electrons. The normalized spacial score (nSPS) is 14.0. The van der Waals surface area contributed by atoms with Crippen LogP contribution in [0.5, 0.6) is 5.75 Å². The molecule has 2 aromatic carbocycles. The van der Waals surface area contributed by atoms with E-state index in [0.717, 1.165) is 29.8 Å². The van der Waals surface area contributed by atoms with Crippen molar-refractivity contribution in [2.45, 2.75) is 45.1 Å². The zero-order chi connectivity index (χ0) is 23.2. The number of nitrogens with one attached hydrogen (secondary N) is 1. The molecule has 1 aromatic heterocycles. The number of esters is 1. The molecule has 1 heterocycles. The fourth-order valence-electron chi connectivity index (χ4n) is 4.14. The van der Waals surface area contributed by atoms with Gasteiger partial charge in [0.25, 0.3) is 5.91 Å². The van der Waals surface area contributed by atoms with Crippen LogP contribution < -0.4 is 10.1 Å². The third-order valence-electron chi connectivity index (χ3n) is 5.87. The van der Waals surface area contributed by atoms with Crippen LogP contribution in [0.4, 0.5) is 0 Å². The molecule has 3 aromatic rings. The average molecular weight is 448 g/mol. The molecular weight excluding hydrogens is 418 g/mol. The second kappa shape index (κ2) is 10.3. The van der Waals surface area contributed by atoms with Gasteiger partial charge in [0.2, 0.25) is 0 Å². The van der Waals surface area contributed by atoms with E-state index < -0.39 is 5.97 Å². The summed E-state index contributed by atoms with van der Waals surface area (Å²) in [6.07, 6.45) is 5.65. The molecule has 0 spiro atoms. The van der Waals surface area contributed by atoms with Crippen molar-refractivity contribution < 1.29 is 19.1 Å². The first-order valence-electron chi connectivity index (χ1n) is 11.4. The summed E-state index contributed by atoms with van der Waals surface area (Å²) in [5.41, 5.74) is 3.12. The van der Waals surface area contributed by atoms with E-state index in [9.17, 15) is 9.59 Å². The fraction of sp³-hybridized carbons (Fsp3) is 0.346. The largest absolute Gasteiger partial charge is 0.497 e. The van der Waals surface area contributed by atoms with E-state index in [0.29, 0.717) is 11.3 Å². The van der Waals surface area contributed by atoms with Gasteiger partial charge in [-0.3, -0.25) is 4.79 Å². The molecule has 0 bridgehead atoms. The standard InChI is InChI=1S/C26H29N3O4/c1-3-33-26(31)23-17-24(19-8-7-11-22(16-19)32-2)29(28-23)21-14-12-18(13-15-21)25(30)27-20-9-5-4-6-10-20/h7-8,11-17,20H,3-6,9-10H2,1-2H3,(H,27,30). The van der Waals surface area contributed by atoms with Gasteiger partial charge in [-0.15, -0.1) is 0 Å². The minimum Gasteiger partial charge on any atom is -0.497 e. The van der Waals surface area contributed by atoms with Crippen LogP contribution in [0.15, 0.2) is 54.6 Å². The van der Waals surface area contributed by atoms with Gasteiger partial charge in [0, 0.05) is 17.2 Å². The molecule has 1 aliphatic rings. The smallest absolute Gasteiger partial charge is 0.358 e. The summed E-state index contributed by atoms with van der Waals surface area (Å²) in [6.45, 7) is 2.03. The first-order valence-corrected chi connectivity index (χ1v) is 11.4. The molecule has 1 amide bonds. The van der Waals surface area contributed by atoms with Crippen LogP contribution in [-0.2, 0) is 4.74 Å². The third kappa shape index (κ3) is 5.25. The summed E-state index contributed by atoms with van der Waals surface area (Å²) < 4.78 is 12.2. The van der Waals surface area contributed by atoms with Crippen molar-refractivity contribution in [1.82, 2.24) is 15.1 Å². The summed E-state index contributed by atoms with van der Waals surface area (Å²) in [6, 6.07) is 16.8. The van der Waals surface area contributed by atoms with Crippen molar-refractivity contribution in [2.24, 2.45) is 0 Å². The molecule has 33 heavy (non-hydrogen) atoms. The first kappa shape index (κ1) is 22.6. The molecule has 0 radical (unpaired) electrons. The number of carbonyl (C=O) groups is 2. The molecule has 0 aliphatic heterocycles. The SMILES string of the molecule is CCOC(=O)c1cc(-c2cccc(OC)c2)n(-c2ccc(C(=O)NC3CCCCC3)cc2)n1. The lowest BCUT2D eigenvalue weighted by Gasteiger charge is -2.22. The molecule has 7 nitrogen and oxygen atoms in total. The molecular formula is C26H29N3O4. The number of hydrogen-bond donors (Lipinski definition) is 1. The maximum atomic E-state index is 12.7. The number of hydrogen-bond acceptors (Lipinski definition) is 5. The number of benzene rings is 2. The highest BCUT2D eigenvalue weighted by Crippen LogP contribution is 2.28. The average Bonchev–Trinajstić information content (AvgIpc) is 3.31. The fourth-order valence-corrected chi connectivity index (χ4v) is 4.14. The maximum Gasteiger partial charge on any atom is 0.358 e. The van der Waals surface area contributed by atoms with Gasteiger partial charge in [-0.25, -0.2) is 9.48 Å². The van der Waals surface area contributed by atoms with Gasteiger partial charge in [-0.1, -0.05) is 31.4 Å². The molecule has 1 aliphatic carbocycles. The molecule has 1 N–H and O–H groups in total. The van der Waals surface area contributed by atoms with Crippen molar-refractivity contribution in [3.05, 3.63) is 65.9 Å². The summed E-state index contributed by atoms with van der Waals surface area (Å²) in [5.74, 6) is 0.158. The van der Waals surface area contributed by atoms with Crippen LogP contribution in [-0.4, -0.2) is 41.4 Å². The number of methoxy groups -OCH3 is 1. The van der Waals surface area contributed by atoms with Gasteiger partial charge >= 0.3 is 5.97 Å². The van der Waals surface area contributed by atoms with Gasteiger partial charge < -0.3 is 14.8 Å². The predicted octanol–water partition coefficient (Wildman–Crippen LogP) is 4.79. The second-order valence-electron chi connectivity index (χ2n) is 8.13. The molecule has 4 rings (SSSR count). The van der Waals surface area contributed by atoms with Gasteiger partial charge in [0.1, 0.15) is 5.75 Å². The predicted molar refractivity (Wildman–Crippen MR) is 126 cm³/mol. The lowest BCUT2D eigenvalue weighted by Crippen LogP contribution is -2.36. The van der Waals surface area contributed by atoms with Gasteiger partial charge in [-0.05, 0) is 62.2 Å². The Bertz CT molecular complexity index is 1110. The molecule has 0 saturated heterocycles. The Balaban J connectivity index is 1.63. The summed E-state index contributed by atoms with van der Waals surface area (Å²) in [7, 11) is 1.61. The quantitative estimate of drug-likeness (QED) is 0.527. The highest BCUT2D eigenvalue weighted by atomic mass is 16.5. The second-order valence-corrected chi connectivity index (χ2v) is 8.13. The highest BCUT2D eigenvalue weighted by molar-refractivity contribution is 5.94. The van der Waals surface area contributed by atoms with Crippen molar-refractivity contribution in [1.29, 1.82) is 0 Å². The van der Waals surface area contributed by atoms with E-state index >= 15 is 0 Å². The van der Waals surface area contributed by atoms with E-state index in [4.69, 9.17) is 9.47 Å². The number of aromatic nitrogens is 2. The number of carbonyl (C=O) groups excluding carboxylic acids is 2. The Labute approximate surface area is 193 Å². The van der Waals surface area contributed by atoms with Crippen LogP contribution in [0.25, 0.3) is 16.9 Å². The van der Waals surface area contributed by atoms with Crippen molar-refractivity contribution >= 4 is 11.9 Å². The molecule has 0 atom stereocenters. The molecule has 7 heteroatoms. The molecule has 0 unspecified atom stereocenters. The highest BCUT2D eigenvalue weighted by Gasteiger charge is 2.19. The number of nitrogens with zero attached hydrogens (tertiary/aromatic N) is 2. The minimum atomic E-state index is -0.483. The Morgan fingerprint density at radius 3 is 2.52 bits per heavy atom. The Morgan fingerprint density at radius 2 is 1.82 bits per heavy atom. The number of amides is 1. The van der Waals surface area contributed by atoms with Crippen LogP contribution in [0.1, 0.15) is 59.9 Å². The lowest BCUT2D eigenvalue weighted by molar-refractivity contribution is 0.0518. The summed E-state index contributed by atoms with van der Waals surface area (Å²) >= 11 is 0. The van der Waals surface area contributed by atoms with Crippen LogP contribution in [0.2, 0.25) is 0 Å². The number of ether oxygens (including phenoxy) is 2. The topological polar surface area (TPSA) is 82.5 Å². The molecule has 1 fully saturated rings. The van der Waals surface area contributed by atoms with Gasteiger partial charge in [0.15, 0.2) is 5.69 Å². The van der Waals surface area contributed by atoms with E-state index in [1.54, 1.807) is 36.9 Å². The Kier molecular flexibility index (Phi) is 7.07. The van der Waals surface area contributed by atoms with E-state index in [1.165, 1.54) is 19.3 Å². The van der Waals surface area contributed by atoms with Gasteiger partial charge in [-0.2, -0.15) is 5.10 Å². The maximum absolute atomic E-state index is 12.7. The van der Waals surface area contributed by atoms with Crippen LogP contribution in [0, 0.1) is 0 Å². The summed E-state index contributed by atoms with van der Waals surface area (Å²) in [5, 5.41) is 7.64. The summed E-state index contributed by atoms with van der Waals surface area (Å²) in [4.78, 5) is 25.0. The Hall–Kier alpha value is -3.61. The zero-order valence-electron chi connectivity index (χ0n) is 19.0. The zero-order valence-corrected chi connectivity index (χ0v) is 19.0. The van der Waals surface area contributed by atoms with E-state index in [1.807, 2.05) is 36.4 Å². The molecule has 1 saturated carbocycles. The van der Waals surface area contributed by atoms with Gasteiger partial charge in [0.05, 0.1) is 25.1 Å². The van der Waals surface area contributed by atoms with Crippen molar-refractivity contribution in [3.63, 3.8) is 0 Å². The van der Waals surface area contributed by atoms with Crippen molar-refractivity contribution in [3.8, 4) is 22.7 Å². The number of rotatable bonds is 7. The van der Waals surface area contributed by atoms with Crippen LogP contribution in [0.3, 0.4) is 0 Å².